The van der Waals surface area contributed by atoms with Gasteiger partial charge < -0.3 is 14.2 Å². The maximum Gasteiger partial charge on any atom is 0.348 e. The van der Waals surface area contributed by atoms with Crippen LogP contribution in [-0.2, 0) is 16.0 Å². The number of hydrogen-bond donors (Lipinski definition) is 0. The summed E-state index contributed by atoms with van der Waals surface area (Å²) in [6, 6.07) is 7.90. The number of ether oxygens (including phenoxy) is 3. The highest BCUT2D eigenvalue weighted by molar-refractivity contribution is 7.20. The smallest absolute Gasteiger partial charge is 0.348 e. The first kappa shape index (κ1) is 22.0. The summed E-state index contributed by atoms with van der Waals surface area (Å²) in [5, 5.41) is 0.484. The van der Waals surface area contributed by atoms with Crippen molar-refractivity contribution in [2.24, 2.45) is 0 Å². The monoisotopic (exact) mass is 430 g/mol. The lowest BCUT2D eigenvalue weighted by Crippen LogP contribution is -2.21. The number of benzene rings is 1. The molecule has 0 aliphatic rings. The summed E-state index contributed by atoms with van der Waals surface area (Å²) in [5.74, 6) is 0.434. The number of esters is 1. The van der Waals surface area contributed by atoms with Crippen LogP contribution >= 0.6 is 11.3 Å². The number of carbonyl (C=O) groups is 1. The van der Waals surface area contributed by atoms with Crippen LogP contribution in [0.25, 0.3) is 10.2 Å². The first-order valence-corrected chi connectivity index (χ1v) is 10.7. The Morgan fingerprint density at radius 2 is 1.93 bits per heavy atom. The van der Waals surface area contributed by atoms with E-state index in [1.165, 1.54) is 11.3 Å². The molecule has 0 aliphatic heterocycles. The van der Waals surface area contributed by atoms with Crippen molar-refractivity contribution in [3.63, 3.8) is 0 Å². The predicted octanol–water partition coefficient (Wildman–Crippen LogP) is 3.74. The average Bonchev–Trinajstić information content (AvgIpc) is 3.08. The Hall–Kier alpha value is -2.71. The zero-order valence-electron chi connectivity index (χ0n) is 17.5. The van der Waals surface area contributed by atoms with Gasteiger partial charge in [0.1, 0.15) is 22.1 Å². The fourth-order valence-corrected chi connectivity index (χ4v) is 4.11. The third-order valence-electron chi connectivity index (χ3n) is 4.77. The second kappa shape index (κ2) is 10.4. The molecule has 8 heteroatoms. The normalized spacial score (nSPS) is 11.0. The number of carbonyl (C=O) groups excluding carboxylic acids is 1. The molecule has 3 aromatic rings. The summed E-state index contributed by atoms with van der Waals surface area (Å²) < 4.78 is 17.5. The summed E-state index contributed by atoms with van der Waals surface area (Å²) in [5.41, 5.74) is 1.59. The van der Waals surface area contributed by atoms with Gasteiger partial charge in [-0.2, -0.15) is 0 Å². The average molecular weight is 431 g/mol. The van der Waals surface area contributed by atoms with Crippen molar-refractivity contribution < 1.29 is 19.0 Å². The van der Waals surface area contributed by atoms with E-state index in [4.69, 9.17) is 14.2 Å². The molecule has 0 N–H and O–H groups in total. The number of fused-ring (bicyclic) bond motifs is 1. The lowest BCUT2D eigenvalue weighted by Gasteiger charge is -2.09. The first-order valence-electron chi connectivity index (χ1n) is 9.86. The number of unbranched alkanes of at least 4 members (excludes halogenated alkanes) is 1. The number of para-hydroxylation sites is 1. The standard InChI is InChI=1S/C22H26N2O5S/c1-15-8-4-5-9-17(15)28-11-7-6-10-24-14-23-20-18(21(24)25)16(2)19(30-20)22(26)29-13-12-27-3/h4-5,8-9,14H,6-7,10-13H2,1-3H3. The second-order valence-electron chi connectivity index (χ2n) is 6.93. The predicted molar refractivity (Wildman–Crippen MR) is 117 cm³/mol. The van der Waals surface area contributed by atoms with Crippen molar-refractivity contribution in [3.8, 4) is 5.75 Å². The highest BCUT2D eigenvalue weighted by Gasteiger charge is 2.20. The highest BCUT2D eigenvalue weighted by atomic mass is 32.1. The summed E-state index contributed by atoms with van der Waals surface area (Å²) in [4.78, 5) is 30.5. The maximum absolute atomic E-state index is 12.9. The zero-order chi connectivity index (χ0) is 21.5. The Labute approximate surface area is 179 Å². The molecule has 7 nitrogen and oxygen atoms in total. The van der Waals surface area contributed by atoms with Crippen LogP contribution in [0.15, 0.2) is 35.4 Å². The molecule has 1 aromatic carbocycles. The molecule has 0 saturated heterocycles. The largest absolute Gasteiger partial charge is 0.493 e. The van der Waals surface area contributed by atoms with Gasteiger partial charge in [0.15, 0.2) is 0 Å². The SMILES string of the molecule is COCCOC(=O)c1sc2ncn(CCCCOc3ccccc3C)c(=O)c2c1C. The summed E-state index contributed by atoms with van der Waals surface area (Å²) in [6.45, 7) is 5.40. The molecule has 0 fully saturated rings. The first-order chi connectivity index (χ1) is 14.5. The fourth-order valence-electron chi connectivity index (χ4n) is 3.08. The Morgan fingerprint density at radius 3 is 2.70 bits per heavy atom. The van der Waals surface area contributed by atoms with Crippen molar-refractivity contribution in [1.29, 1.82) is 0 Å². The molecule has 3 rings (SSSR count). The minimum Gasteiger partial charge on any atom is -0.493 e. The van der Waals surface area contributed by atoms with Crippen LogP contribution in [-0.4, -0.2) is 42.5 Å². The number of nitrogens with zero attached hydrogens (tertiary/aromatic N) is 2. The molecule has 30 heavy (non-hydrogen) atoms. The van der Waals surface area contributed by atoms with Gasteiger partial charge in [-0.1, -0.05) is 18.2 Å². The van der Waals surface area contributed by atoms with Gasteiger partial charge in [-0.25, -0.2) is 9.78 Å². The van der Waals surface area contributed by atoms with Crippen molar-refractivity contribution in [2.75, 3.05) is 26.9 Å². The molecule has 2 heterocycles. The topological polar surface area (TPSA) is 79.7 Å². The molecule has 0 atom stereocenters. The van der Waals surface area contributed by atoms with E-state index in [9.17, 15) is 9.59 Å². The summed E-state index contributed by atoms with van der Waals surface area (Å²) >= 11 is 1.18. The van der Waals surface area contributed by atoms with E-state index in [2.05, 4.69) is 4.98 Å². The van der Waals surface area contributed by atoms with Crippen LogP contribution in [0.2, 0.25) is 0 Å². The molecule has 0 radical (unpaired) electrons. The van der Waals surface area contributed by atoms with E-state index >= 15 is 0 Å². The quantitative estimate of drug-likeness (QED) is 0.360. The van der Waals surface area contributed by atoms with Gasteiger partial charge >= 0.3 is 5.97 Å². The second-order valence-corrected chi connectivity index (χ2v) is 7.93. The molecular weight excluding hydrogens is 404 g/mol. The Kier molecular flexibility index (Phi) is 7.59. The molecule has 0 unspecified atom stereocenters. The lowest BCUT2D eigenvalue weighted by atomic mass is 10.2. The van der Waals surface area contributed by atoms with Crippen LogP contribution < -0.4 is 10.3 Å². The van der Waals surface area contributed by atoms with Gasteiger partial charge in [-0.05, 0) is 43.9 Å². The molecule has 0 amide bonds. The minimum atomic E-state index is -0.452. The van der Waals surface area contributed by atoms with E-state index in [0.29, 0.717) is 40.4 Å². The molecule has 0 aliphatic carbocycles. The van der Waals surface area contributed by atoms with Gasteiger partial charge in [0, 0.05) is 13.7 Å². The molecular formula is C22H26N2O5S. The molecule has 0 spiro atoms. The van der Waals surface area contributed by atoms with E-state index in [1.807, 2.05) is 31.2 Å². The highest BCUT2D eigenvalue weighted by Crippen LogP contribution is 2.27. The van der Waals surface area contributed by atoms with Crippen LogP contribution in [0.4, 0.5) is 0 Å². The van der Waals surface area contributed by atoms with Crippen molar-refractivity contribution >= 4 is 27.5 Å². The van der Waals surface area contributed by atoms with Crippen LogP contribution in [0, 0.1) is 13.8 Å². The number of hydrogen-bond acceptors (Lipinski definition) is 7. The van der Waals surface area contributed by atoms with E-state index in [0.717, 1.165) is 24.2 Å². The van der Waals surface area contributed by atoms with Gasteiger partial charge in [0.05, 0.1) is 24.9 Å². The Morgan fingerprint density at radius 1 is 1.13 bits per heavy atom. The number of aryl methyl sites for hydroxylation is 3. The van der Waals surface area contributed by atoms with Gasteiger partial charge in [0.25, 0.3) is 5.56 Å². The molecule has 0 saturated carbocycles. The van der Waals surface area contributed by atoms with Gasteiger partial charge in [0.2, 0.25) is 0 Å². The van der Waals surface area contributed by atoms with Crippen LogP contribution in [0.3, 0.4) is 0 Å². The van der Waals surface area contributed by atoms with E-state index in [-0.39, 0.29) is 12.2 Å². The Balaban J connectivity index is 1.62. The third kappa shape index (κ3) is 5.06. The number of aromatic nitrogens is 2. The molecule has 2 aromatic heterocycles. The van der Waals surface area contributed by atoms with E-state index < -0.39 is 5.97 Å². The zero-order valence-corrected chi connectivity index (χ0v) is 18.3. The fraction of sp³-hybridized carbons (Fsp3) is 0.409. The van der Waals surface area contributed by atoms with Crippen molar-refractivity contribution in [1.82, 2.24) is 9.55 Å². The maximum atomic E-state index is 12.9. The number of rotatable bonds is 10. The summed E-state index contributed by atoms with van der Waals surface area (Å²) in [7, 11) is 1.54. The van der Waals surface area contributed by atoms with Gasteiger partial charge in [-0.3, -0.25) is 9.36 Å². The van der Waals surface area contributed by atoms with Crippen molar-refractivity contribution in [2.45, 2.75) is 33.2 Å². The third-order valence-corrected chi connectivity index (χ3v) is 5.95. The number of methoxy groups -OCH3 is 1. The van der Waals surface area contributed by atoms with E-state index in [1.54, 1.807) is 24.9 Å². The summed E-state index contributed by atoms with van der Waals surface area (Å²) in [6.07, 6.45) is 3.15. The van der Waals surface area contributed by atoms with Crippen LogP contribution in [0.1, 0.15) is 33.6 Å². The number of thiophene rings is 1. The molecule has 160 valence electrons. The Bertz CT molecular complexity index is 1070. The lowest BCUT2D eigenvalue weighted by molar-refractivity contribution is 0.0393. The van der Waals surface area contributed by atoms with Crippen LogP contribution in [0.5, 0.6) is 5.75 Å². The van der Waals surface area contributed by atoms with Gasteiger partial charge in [-0.15, -0.1) is 11.3 Å². The molecule has 0 bridgehead atoms. The minimum absolute atomic E-state index is 0.135. The van der Waals surface area contributed by atoms with Crippen molar-refractivity contribution in [3.05, 3.63) is 57.0 Å².